The van der Waals surface area contributed by atoms with Gasteiger partial charge in [0.2, 0.25) is 5.91 Å². The van der Waals surface area contributed by atoms with E-state index in [0.717, 1.165) is 35.1 Å². The van der Waals surface area contributed by atoms with Gasteiger partial charge >= 0.3 is 12.1 Å². The number of amides is 2. The fourth-order valence-corrected chi connectivity index (χ4v) is 5.13. The van der Waals surface area contributed by atoms with Crippen LogP contribution in [-0.2, 0) is 14.3 Å². The van der Waals surface area contributed by atoms with E-state index < -0.39 is 23.5 Å². The standard InChI is InChI=1S/C27H30N2O5/c1-2-9-23(24(30)31)29-25(32)27(14-7-8-15-27)17-28-26(33)34-16-22-20-12-5-3-10-18(20)19-11-4-6-13-21(19)22/h2-6,10-13,22-23H,1,7-9,14-17H2,(H,28,33)(H,29,32)(H,30,31). The van der Waals surface area contributed by atoms with E-state index in [2.05, 4.69) is 41.5 Å². The summed E-state index contributed by atoms with van der Waals surface area (Å²) in [6.07, 6.45) is 3.89. The molecule has 0 heterocycles. The van der Waals surface area contributed by atoms with Gasteiger partial charge in [-0.25, -0.2) is 9.59 Å². The maximum Gasteiger partial charge on any atom is 0.407 e. The summed E-state index contributed by atoms with van der Waals surface area (Å²) in [4.78, 5) is 37.1. The summed E-state index contributed by atoms with van der Waals surface area (Å²) >= 11 is 0. The van der Waals surface area contributed by atoms with Crippen molar-refractivity contribution in [2.24, 2.45) is 5.41 Å². The van der Waals surface area contributed by atoms with Gasteiger partial charge in [-0.15, -0.1) is 6.58 Å². The average molecular weight is 463 g/mol. The topological polar surface area (TPSA) is 105 Å². The highest BCUT2D eigenvalue weighted by Gasteiger charge is 2.42. The predicted octanol–water partition coefficient (Wildman–Crippen LogP) is 4.23. The maximum atomic E-state index is 13.0. The molecule has 7 heteroatoms. The molecular weight excluding hydrogens is 432 g/mol. The Balaban J connectivity index is 1.38. The SMILES string of the molecule is C=CCC(NC(=O)C1(CNC(=O)OCC2c3ccccc3-c3ccccc32)CCCC1)C(=O)O. The number of aliphatic carboxylic acids is 1. The molecule has 0 aliphatic heterocycles. The van der Waals surface area contributed by atoms with E-state index in [9.17, 15) is 19.5 Å². The monoisotopic (exact) mass is 462 g/mol. The van der Waals surface area contributed by atoms with Crippen LogP contribution in [-0.4, -0.2) is 42.3 Å². The van der Waals surface area contributed by atoms with Crippen molar-refractivity contribution in [1.29, 1.82) is 0 Å². The van der Waals surface area contributed by atoms with Crippen LogP contribution < -0.4 is 10.6 Å². The zero-order valence-electron chi connectivity index (χ0n) is 19.1. The molecule has 1 atom stereocenters. The molecule has 0 spiro atoms. The summed E-state index contributed by atoms with van der Waals surface area (Å²) in [5, 5.41) is 14.7. The molecule has 34 heavy (non-hydrogen) atoms. The van der Waals surface area contributed by atoms with Gasteiger partial charge in [-0.1, -0.05) is 67.4 Å². The largest absolute Gasteiger partial charge is 0.480 e. The van der Waals surface area contributed by atoms with Gasteiger partial charge in [-0.2, -0.15) is 0 Å². The molecule has 1 saturated carbocycles. The summed E-state index contributed by atoms with van der Waals surface area (Å²) < 4.78 is 5.59. The number of rotatable bonds is 9. The molecule has 0 saturated heterocycles. The summed E-state index contributed by atoms with van der Waals surface area (Å²) in [7, 11) is 0. The second-order valence-corrected chi connectivity index (χ2v) is 9.06. The lowest BCUT2D eigenvalue weighted by atomic mass is 9.84. The van der Waals surface area contributed by atoms with Crippen LogP contribution in [0.5, 0.6) is 0 Å². The minimum absolute atomic E-state index is 0.0443. The van der Waals surface area contributed by atoms with Crippen molar-refractivity contribution < 1.29 is 24.2 Å². The van der Waals surface area contributed by atoms with Crippen molar-refractivity contribution in [2.75, 3.05) is 13.2 Å². The Hall–Kier alpha value is -3.61. The first kappa shape index (κ1) is 23.5. The minimum Gasteiger partial charge on any atom is -0.480 e. The van der Waals surface area contributed by atoms with Gasteiger partial charge in [0.25, 0.3) is 0 Å². The molecule has 2 aromatic carbocycles. The summed E-state index contributed by atoms with van der Waals surface area (Å²) in [6, 6.07) is 15.2. The molecule has 7 nitrogen and oxygen atoms in total. The van der Waals surface area contributed by atoms with E-state index in [4.69, 9.17) is 4.74 Å². The second kappa shape index (κ2) is 10.1. The van der Waals surface area contributed by atoms with Crippen LogP contribution >= 0.6 is 0 Å². The van der Waals surface area contributed by atoms with E-state index in [0.29, 0.717) is 12.8 Å². The van der Waals surface area contributed by atoms with Crippen molar-refractivity contribution in [3.05, 3.63) is 72.3 Å². The van der Waals surface area contributed by atoms with Crippen molar-refractivity contribution in [3.8, 4) is 11.1 Å². The van der Waals surface area contributed by atoms with Crippen molar-refractivity contribution in [2.45, 2.75) is 44.1 Å². The fraction of sp³-hybridized carbons (Fsp3) is 0.370. The molecule has 2 aliphatic rings. The number of carbonyl (C=O) groups is 3. The van der Waals surface area contributed by atoms with E-state index in [1.54, 1.807) is 0 Å². The first-order valence-electron chi connectivity index (χ1n) is 11.7. The molecule has 4 rings (SSSR count). The van der Waals surface area contributed by atoms with Crippen LogP contribution in [0.25, 0.3) is 11.1 Å². The minimum atomic E-state index is -1.11. The van der Waals surface area contributed by atoms with Crippen LogP contribution in [0.2, 0.25) is 0 Å². The quantitative estimate of drug-likeness (QED) is 0.484. The molecule has 2 amide bonds. The van der Waals surface area contributed by atoms with Gasteiger partial charge in [0, 0.05) is 12.5 Å². The Labute approximate surface area is 199 Å². The summed E-state index contributed by atoms with van der Waals surface area (Å²) in [6.45, 7) is 3.86. The van der Waals surface area contributed by atoms with Gasteiger partial charge < -0.3 is 20.5 Å². The molecule has 0 aromatic heterocycles. The molecule has 2 aromatic rings. The van der Waals surface area contributed by atoms with Crippen LogP contribution in [0.15, 0.2) is 61.2 Å². The van der Waals surface area contributed by atoms with Crippen molar-refractivity contribution in [3.63, 3.8) is 0 Å². The van der Waals surface area contributed by atoms with Gasteiger partial charge in [0.15, 0.2) is 0 Å². The Morgan fingerprint density at radius 1 is 1.06 bits per heavy atom. The van der Waals surface area contributed by atoms with E-state index in [1.807, 2.05) is 24.3 Å². The summed E-state index contributed by atoms with van der Waals surface area (Å²) in [5.74, 6) is -1.50. The zero-order chi connectivity index (χ0) is 24.1. The van der Waals surface area contributed by atoms with Crippen LogP contribution in [0.1, 0.15) is 49.1 Å². The number of hydrogen-bond acceptors (Lipinski definition) is 4. The highest BCUT2D eigenvalue weighted by atomic mass is 16.5. The third kappa shape index (κ3) is 4.69. The van der Waals surface area contributed by atoms with E-state index in [1.165, 1.54) is 6.08 Å². The first-order chi connectivity index (χ1) is 16.4. The lowest BCUT2D eigenvalue weighted by Gasteiger charge is -2.29. The highest BCUT2D eigenvalue weighted by Crippen LogP contribution is 2.44. The average Bonchev–Trinajstić information content (AvgIpc) is 3.45. The number of carboxylic acid groups (broad SMARTS) is 1. The third-order valence-electron chi connectivity index (χ3n) is 6.96. The van der Waals surface area contributed by atoms with Crippen LogP contribution in [0, 0.1) is 5.41 Å². The predicted molar refractivity (Wildman–Crippen MR) is 128 cm³/mol. The van der Waals surface area contributed by atoms with Crippen molar-refractivity contribution in [1.82, 2.24) is 10.6 Å². The normalized spacial score (nSPS) is 16.7. The van der Waals surface area contributed by atoms with Gasteiger partial charge in [-0.3, -0.25) is 4.79 Å². The Bertz CT molecular complexity index is 1040. The van der Waals surface area contributed by atoms with E-state index in [-0.39, 0.29) is 31.4 Å². The molecule has 1 fully saturated rings. The molecule has 178 valence electrons. The lowest BCUT2D eigenvalue weighted by molar-refractivity contribution is -0.143. The first-order valence-corrected chi connectivity index (χ1v) is 11.7. The number of fused-ring (bicyclic) bond motifs is 3. The smallest absolute Gasteiger partial charge is 0.407 e. The second-order valence-electron chi connectivity index (χ2n) is 9.06. The van der Waals surface area contributed by atoms with Crippen LogP contribution in [0.4, 0.5) is 4.79 Å². The molecule has 2 aliphatic carbocycles. The number of ether oxygens (including phenoxy) is 1. The third-order valence-corrected chi connectivity index (χ3v) is 6.96. The number of nitrogens with one attached hydrogen (secondary N) is 2. The molecule has 1 unspecified atom stereocenters. The van der Waals surface area contributed by atoms with Crippen LogP contribution in [0.3, 0.4) is 0 Å². The Morgan fingerprint density at radius 3 is 2.21 bits per heavy atom. The fourth-order valence-electron chi connectivity index (χ4n) is 5.13. The number of benzene rings is 2. The number of carbonyl (C=O) groups excluding carboxylic acids is 2. The number of hydrogen-bond donors (Lipinski definition) is 3. The van der Waals surface area contributed by atoms with Crippen molar-refractivity contribution >= 4 is 18.0 Å². The van der Waals surface area contributed by atoms with Gasteiger partial charge in [0.05, 0.1) is 5.41 Å². The zero-order valence-corrected chi connectivity index (χ0v) is 19.1. The van der Waals surface area contributed by atoms with Gasteiger partial charge in [0.1, 0.15) is 12.6 Å². The summed E-state index contributed by atoms with van der Waals surface area (Å²) in [5.41, 5.74) is 3.73. The van der Waals surface area contributed by atoms with E-state index >= 15 is 0 Å². The number of alkyl carbamates (subject to hydrolysis) is 1. The molecular formula is C27H30N2O5. The molecule has 0 radical (unpaired) electrons. The Kier molecular flexibility index (Phi) is 7.01. The Morgan fingerprint density at radius 2 is 1.65 bits per heavy atom. The molecule has 0 bridgehead atoms. The van der Waals surface area contributed by atoms with Gasteiger partial charge in [-0.05, 0) is 41.5 Å². The lowest BCUT2D eigenvalue weighted by Crippen LogP contribution is -2.51. The highest BCUT2D eigenvalue weighted by molar-refractivity contribution is 5.88. The maximum absolute atomic E-state index is 13.0. The molecule has 3 N–H and O–H groups in total. The number of carboxylic acids is 1.